The molecule has 0 unspecified atom stereocenters. The Morgan fingerprint density at radius 2 is 2.14 bits per heavy atom. The second kappa shape index (κ2) is 7.95. The summed E-state index contributed by atoms with van der Waals surface area (Å²) in [4.78, 5) is 32.1. The van der Waals surface area contributed by atoms with Gasteiger partial charge in [0, 0.05) is 25.8 Å². The van der Waals surface area contributed by atoms with Crippen LogP contribution in [0, 0.1) is 19.3 Å². The number of aryl methyl sites for hydroxylation is 1. The molecule has 1 aliphatic heterocycles. The third kappa shape index (κ3) is 4.48. The Morgan fingerprint density at radius 3 is 2.79 bits per heavy atom. The number of halogens is 2. The van der Waals surface area contributed by atoms with Crippen LogP contribution in [-0.2, 0) is 4.74 Å². The minimum atomic E-state index is -0.694. The molecule has 1 aliphatic rings. The number of nitrogens with zero attached hydrogens (tertiary/aromatic N) is 6. The lowest BCUT2D eigenvalue weighted by atomic mass is 10.1. The molecule has 1 fully saturated rings. The molecule has 3 heterocycles. The van der Waals surface area contributed by atoms with E-state index in [0.29, 0.717) is 36.7 Å². The van der Waals surface area contributed by atoms with Crippen LogP contribution in [0.25, 0.3) is 15.7 Å². The number of fused-ring (bicyclic) bond motifs is 1. The quantitative estimate of drug-likeness (QED) is 0.547. The van der Waals surface area contributed by atoms with E-state index in [0.717, 1.165) is 0 Å². The summed E-state index contributed by atoms with van der Waals surface area (Å²) < 4.78 is 19.9. The fourth-order valence-electron chi connectivity index (χ4n) is 3.24. The number of carbonyl (C=O) groups excluding carboxylic acids is 1. The predicted molar refractivity (Wildman–Crippen MR) is 107 cm³/mol. The first-order valence-electron chi connectivity index (χ1n) is 9.17. The molecule has 3 rings (SSSR count). The summed E-state index contributed by atoms with van der Waals surface area (Å²) in [7, 11) is 0. The van der Waals surface area contributed by atoms with E-state index in [-0.39, 0.29) is 23.3 Å². The summed E-state index contributed by atoms with van der Waals surface area (Å²) in [5, 5.41) is 0.187. The summed E-state index contributed by atoms with van der Waals surface area (Å²) in [6.07, 6.45) is 0.994. The number of hydrogen-bond acceptors (Lipinski definition) is 6. The maximum atomic E-state index is 14.4. The van der Waals surface area contributed by atoms with Crippen LogP contribution < -0.4 is 4.90 Å². The van der Waals surface area contributed by atoms with E-state index in [2.05, 4.69) is 19.8 Å². The molecule has 0 radical (unpaired) electrons. The van der Waals surface area contributed by atoms with Crippen LogP contribution in [0.2, 0.25) is 5.15 Å². The molecule has 0 aromatic carbocycles. The Labute approximate surface area is 173 Å². The average Bonchev–Trinajstić information content (AvgIpc) is 2.63. The molecule has 154 valence electrons. The van der Waals surface area contributed by atoms with Gasteiger partial charge in [0.05, 0.1) is 5.39 Å². The van der Waals surface area contributed by atoms with Gasteiger partial charge >= 0.3 is 6.09 Å². The van der Waals surface area contributed by atoms with E-state index in [1.165, 1.54) is 6.20 Å². The van der Waals surface area contributed by atoms with Gasteiger partial charge in [-0.2, -0.15) is 0 Å². The molecule has 2 aromatic rings. The van der Waals surface area contributed by atoms with Gasteiger partial charge < -0.3 is 14.5 Å². The highest BCUT2D eigenvalue weighted by Crippen LogP contribution is 2.29. The van der Waals surface area contributed by atoms with Crippen LogP contribution in [0.1, 0.15) is 26.6 Å². The molecular formula is C19H22ClFN6O2. The van der Waals surface area contributed by atoms with Crippen LogP contribution in [0.3, 0.4) is 0 Å². The van der Waals surface area contributed by atoms with E-state index < -0.39 is 17.5 Å². The van der Waals surface area contributed by atoms with Crippen LogP contribution in [0.5, 0.6) is 0 Å². The Morgan fingerprint density at radius 1 is 1.41 bits per heavy atom. The van der Waals surface area contributed by atoms with Crippen molar-refractivity contribution < 1.29 is 13.9 Å². The topological polar surface area (TPSA) is 75.8 Å². The lowest BCUT2D eigenvalue weighted by Crippen LogP contribution is -2.57. The van der Waals surface area contributed by atoms with Crippen molar-refractivity contribution in [2.45, 2.75) is 39.3 Å². The lowest BCUT2D eigenvalue weighted by molar-refractivity contribution is 0.0156. The molecule has 1 atom stereocenters. The minimum Gasteiger partial charge on any atom is -0.444 e. The summed E-state index contributed by atoms with van der Waals surface area (Å²) >= 11 is 5.80. The number of piperazine rings is 1. The summed E-state index contributed by atoms with van der Waals surface area (Å²) in [6, 6.07) is -0.383. The molecule has 0 N–H and O–H groups in total. The monoisotopic (exact) mass is 420 g/mol. The van der Waals surface area contributed by atoms with Crippen LogP contribution in [-0.4, -0.2) is 63.8 Å². The van der Waals surface area contributed by atoms with Gasteiger partial charge in [-0.1, -0.05) is 11.6 Å². The number of hydrogen-bond donors (Lipinski definition) is 0. The maximum Gasteiger partial charge on any atom is 0.410 e. The van der Waals surface area contributed by atoms with Gasteiger partial charge in [-0.25, -0.2) is 30.7 Å². The van der Waals surface area contributed by atoms with Crippen LogP contribution in [0.15, 0.2) is 6.20 Å². The molecule has 2 aromatic heterocycles. The molecular weight excluding hydrogens is 399 g/mol. The van der Waals surface area contributed by atoms with Crippen molar-refractivity contribution in [1.82, 2.24) is 19.9 Å². The zero-order valence-electron chi connectivity index (χ0n) is 16.7. The molecule has 8 nitrogen and oxygen atoms in total. The number of ether oxygens (including phenoxy) is 1. The number of rotatable bonds is 2. The average molecular weight is 421 g/mol. The van der Waals surface area contributed by atoms with Crippen molar-refractivity contribution in [2.75, 3.05) is 31.1 Å². The number of aromatic nitrogens is 3. The Kier molecular flexibility index (Phi) is 5.75. The van der Waals surface area contributed by atoms with E-state index in [1.807, 2.05) is 4.90 Å². The minimum absolute atomic E-state index is 0.101. The van der Waals surface area contributed by atoms with E-state index in [9.17, 15) is 9.18 Å². The second-order valence-corrected chi connectivity index (χ2v) is 8.19. The van der Waals surface area contributed by atoms with Gasteiger partial charge in [0.25, 0.3) is 0 Å². The SMILES string of the molecule is [C-]#[N+]C[C@H]1CN(c2nc(C)nc3c(F)c(Cl)ncc23)CCN1C(=O)OC(C)(C)C. The standard InChI is InChI=1S/C19H22ClFN6O2/c1-11-24-15-13(9-23-16(20)14(15)21)17(25-11)26-6-7-27(12(10-26)8-22-5)18(28)29-19(2,3)4/h9,12H,6-8,10H2,1-4H3/t12-/m0/s1. The number of carbonyl (C=O) groups is 1. The van der Waals surface area contributed by atoms with Gasteiger partial charge in [-0.15, -0.1) is 0 Å². The molecule has 0 spiro atoms. The summed E-state index contributed by atoms with van der Waals surface area (Å²) in [6.45, 7) is 15.6. The van der Waals surface area contributed by atoms with Gasteiger partial charge in [0.2, 0.25) is 6.54 Å². The zero-order chi connectivity index (χ0) is 21.3. The van der Waals surface area contributed by atoms with Crippen LogP contribution in [0.4, 0.5) is 15.0 Å². The van der Waals surface area contributed by atoms with Crippen LogP contribution >= 0.6 is 11.6 Å². The highest BCUT2D eigenvalue weighted by molar-refractivity contribution is 6.30. The highest BCUT2D eigenvalue weighted by atomic mass is 35.5. The van der Waals surface area contributed by atoms with Gasteiger partial charge in [0.15, 0.2) is 11.0 Å². The fourth-order valence-corrected chi connectivity index (χ4v) is 3.38. The first kappa shape index (κ1) is 21.0. The van der Waals surface area contributed by atoms with Gasteiger partial charge in [-0.05, 0) is 27.7 Å². The smallest absolute Gasteiger partial charge is 0.410 e. The highest BCUT2D eigenvalue weighted by Gasteiger charge is 2.36. The van der Waals surface area contributed by atoms with Gasteiger partial charge in [0.1, 0.15) is 28.8 Å². The van der Waals surface area contributed by atoms with E-state index in [1.54, 1.807) is 32.6 Å². The van der Waals surface area contributed by atoms with E-state index >= 15 is 0 Å². The van der Waals surface area contributed by atoms with Crippen molar-refractivity contribution in [1.29, 1.82) is 0 Å². The first-order chi connectivity index (χ1) is 13.6. The molecule has 10 heteroatoms. The van der Waals surface area contributed by atoms with Crippen molar-refractivity contribution >= 4 is 34.4 Å². The molecule has 29 heavy (non-hydrogen) atoms. The third-order valence-electron chi connectivity index (χ3n) is 4.45. The van der Waals surface area contributed by atoms with Crippen molar-refractivity contribution in [3.8, 4) is 0 Å². The lowest BCUT2D eigenvalue weighted by Gasteiger charge is -2.40. The summed E-state index contributed by atoms with van der Waals surface area (Å²) in [5.74, 6) is 0.209. The van der Waals surface area contributed by atoms with Crippen molar-refractivity contribution in [3.05, 3.63) is 34.4 Å². The maximum absolute atomic E-state index is 14.4. The molecule has 1 amide bonds. The number of amides is 1. The first-order valence-corrected chi connectivity index (χ1v) is 9.54. The number of anilines is 1. The summed E-state index contributed by atoms with van der Waals surface area (Å²) in [5.41, 5.74) is -0.525. The molecule has 1 saturated heterocycles. The molecule has 0 saturated carbocycles. The molecule has 0 aliphatic carbocycles. The Bertz CT molecular complexity index is 987. The fraction of sp³-hybridized carbons (Fsp3) is 0.526. The van der Waals surface area contributed by atoms with Crippen molar-refractivity contribution in [2.24, 2.45) is 0 Å². The molecule has 0 bridgehead atoms. The normalized spacial score (nSPS) is 17.3. The largest absolute Gasteiger partial charge is 0.444 e. The Balaban J connectivity index is 1.93. The van der Waals surface area contributed by atoms with E-state index in [4.69, 9.17) is 22.9 Å². The zero-order valence-corrected chi connectivity index (χ0v) is 17.5. The Hall–Kier alpha value is -2.73. The van der Waals surface area contributed by atoms with Crippen molar-refractivity contribution in [3.63, 3.8) is 0 Å². The van der Waals surface area contributed by atoms with Gasteiger partial charge in [-0.3, -0.25) is 4.90 Å². The third-order valence-corrected chi connectivity index (χ3v) is 4.71. The second-order valence-electron chi connectivity index (χ2n) is 7.83. The predicted octanol–water partition coefficient (Wildman–Crippen LogP) is 3.47. The number of pyridine rings is 1.